The maximum Gasteiger partial charge on any atom is 0.339 e. The molecular formula is C14H18FN3O3. The molecule has 2 N–H and O–H groups in total. The Morgan fingerprint density at radius 2 is 2.05 bits per heavy atom. The number of carboxylic acid groups (broad SMARTS) is 1. The summed E-state index contributed by atoms with van der Waals surface area (Å²) in [5.74, 6) is -1.84. The van der Waals surface area contributed by atoms with Gasteiger partial charge < -0.3 is 15.3 Å². The van der Waals surface area contributed by atoms with E-state index in [0.717, 1.165) is 44.6 Å². The Hall–Kier alpha value is -2.18. The van der Waals surface area contributed by atoms with Gasteiger partial charge in [0.25, 0.3) is 0 Å². The molecule has 0 bridgehead atoms. The molecule has 1 aliphatic heterocycles. The van der Waals surface area contributed by atoms with Crippen LogP contribution in [0.3, 0.4) is 0 Å². The van der Waals surface area contributed by atoms with Gasteiger partial charge in [-0.05, 0) is 25.3 Å². The van der Waals surface area contributed by atoms with Crippen molar-refractivity contribution >= 4 is 17.7 Å². The highest BCUT2D eigenvalue weighted by atomic mass is 19.1. The number of hydrogen-bond donors (Lipinski definition) is 2. The van der Waals surface area contributed by atoms with Crippen molar-refractivity contribution in [3.8, 4) is 0 Å². The molecule has 21 heavy (non-hydrogen) atoms. The van der Waals surface area contributed by atoms with Crippen LogP contribution in [-0.2, 0) is 4.79 Å². The Morgan fingerprint density at radius 1 is 1.33 bits per heavy atom. The average molecular weight is 295 g/mol. The van der Waals surface area contributed by atoms with Gasteiger partial charge in [0.2, 0.25) is 5.91 Å². The van der Waals surface area contributed by atoms with Crippen LogP contribution in [0.25, 0.3) is 0 Å². The molecule has 0 saturated carbocycles. The molecule has 0 spiro atoms. The zero-order valence-electron chi connectivity index (χ0n) is 11.6. The maximum absolute atomic E-state index is 13.0. The van der Waals surface area contributed by atoms with Crippen molar-refractivity contribution in [3.05, 3.63) is 23.6 Å². The van der Waals surface area contributed by atoms with Crippen molar-refractivity contribution in [1.29, 1.82) is 0 Å². The fraction of sp³-hybridized carbons (Fsp3) is 0.500. The minimum atomic E-state index is -1.26. The van der Waals surface area contributed by atoms with Crippen LogP contribution in [-0.4, -0.2) is 46.5 Å². The highest BCUT2D eigenvalue weighted by Gasteiger charge is 2.17. The minimum absolute atomic E-state index is 0.0428. The molecule has 1 aromatic heterocycles. The lowest BCUT2D eigenvalue weighted by Gasteiger charge is -2.26. The fourth-order valence-electron chi connectivity index (χ4n) is 2.33. The SMILES string of the molecule is O=C(O)c1cc(F)cnc1NCCC(=O)N1CCCCC1. The van der Waals surface area contributed by atoms with Gasteiger partial charge >= 0.3 is 5.97 Å². The summed E-state index contributed by atoms with van der Waals surface area (Å²) in [4.78, 5) is 28.5. The molecule has 1 aromatic rings. The summed E-state index contributed by atoms with van der Waals surface area (Å²) in [6, 6.07) is 0.907. The molecular weight excluding hydrogens is 277 g/mol. The van der Waals surface area contributed by atoms with Gasteiger partial charge in [0.05, 0.1) is 6.20 Å². The number of aromatic carboxylic acids is 1. The average Bonchev–Trinajstić information content (AvgIpc) is 2.49. The standard InChI is InChI=1S/C14H18FN3O3/c15-10-8-11(14(20)21)13(17-9-10)16-5-4-12(19)18-6-2-1-3-7-18/h8-9H,1-7H2,(H,16,17)(H,20,21). The van der Waals surface area contributed by atoms with Crippen LogP contribution in [0.15, 0.2) is 12.3 Å². The molecule has 0 atom stereocenters. The second-order valence-corrected chi connectivity index (χ2v) is 4.97. The normalized spacial score (nSPS) is 14.8. The molecule has 1 fully saturated rings. The third-order valence-corrected chi connectivity index (χ3v) is 3.42. The van der Waals surface area contributed by atoms with Crippen molar-refractivity contribution in [3.63, 3.8) is 0 Å². The third kappa shape index (κ3) is 4.14. The van der Waals surface area contributed by atoms with Gasteiger partial charge in [0, 0.05) is 26.1 Å². The molecule has 6 nitrogen and oxygen atoms in total. The lowest BCUT2D eigenvalue weighted by atomic mass is 10.1. The number of aromatic nitrogens is 1. The quantitative estimate of drug-likeness (QED) is 0.864. The molecule has 2 heterocycles. The van der Waals surface area contributed by atoms with E-state index in [1.807, 2.05) is 4.90 Å². The number of carbonyl (C=O) groups is 2. The fourth-order valence-corrected chi connectivity index (χ4v) is 2.33. The highest BCUT2D eigenvalue weighted by molar-refractivity contribution is 5.93. The number of pyridine rings is 1. The first-order valence-electron chi connectivity index (χ1n) is 6.98. The van der Waals surface area contributed by atoms with Crippen LogP contribution in [0.5, 0.6) is 0 Å². The zero-order chi connectivity index (χ0) is 15.2. The summed E-state index contributed by atoms with van der Waals surface area (Å²) in [5.41, 5.74) is -0.236. The number of nitrogens with one attached hydrogen (secondary N) is 1. The Labute approximate surface area is 122 Å². The number of amides is 1. The van der Waals surface area contributed by atoms with E-state index in [2.05, 4.69) is 10.3 Å². The summed E-state index contributed by atoms with van der Waals surface area (Å²) in [6.07, 6.45) is 4.42. The zero-order valence-corrected chi connectivity index (χ0v) is 11.6. The molecule has 114 valence electrons. The molecule has 0 aliphatic carbocycles. The van der Waals surface area contributed by atoms with Crippen molar-refractivity contribution < 1.29 is 19.1 Å². The number of likely N-dealkylation sites (tertiary alicyclic amines) is 1. The summed E-state index contributed by atoms with van der Waals surface area (Å²) in [6.45, 7) is 1.84. The summed E-state index contributed by atoms with van der Waals surface area (Å²) in [7, 11) is 0. The number of hydrogen-bond acceptors (Lipinski definition) is 4. The van der Waals surface area contributed by atoms with Crippen LogP contribution < -0.4 is 5.32 Å². The molecule has 0 aromatic carbocycles. The van der Waals surface area contributed by atoms with E-state index in [-0.39, 0.29) is 30.3 Å². The predicted octanol–water partition coefficient (Wildman–Crippen LogP) is 1.73. The Kier molecular flexibility index (Phi) is 5.08. The van der Waals surface area contributed by atoms with E-state index in [1.54, 1.807) is 0 Å². The van der Waals surface area contributed by atoms with E-state index >= 15 is 0 Å². The number of piperidine rings is 1. The van der Waals surface area contributed by atoms with Crippen molar-refractivity contribution in [1.82, 2.24) is 9.88 Å². The van der Waals surface area contributed by atoms with Gasteiger partial charge in [-0.25, -0.2) is 14.2 Å². The van der Waals surface area contributed by atoms with E-state index in [1.165, 1.54) is 0 Å². The number of carbonyl (C=O) groups excluding carboxylic acids is 1. The van der Waals surface area contributed by atoms with Crippen LogP contribution >= 0.6 is 0 Å². The molecule has 0 radical (unpaired) electrons. The molecule has 1 saturated heterocycles. The second-order valence-electron chi connectivity index (χ2n) is 4.97. The number of carboxylic acids is 1. The van der Waals surface area contributed by atoms with Gasteiger partial charge in [-0.1, -0.05) is 0 Å². The first-order chi connectivity index (χ1) is 10.1. The maximum atomic E-state index is 13.0. The molecule has 1 aliphatic rings. The monoisotopic (exact) mass is 295 g/mol. The number of nitrogens with zero attached hydrogens (tertiary/aromatic N) is 2. The van der Waals surface area contributed by atoms with Gasteiger partial charge in [-0.2, -0.15) is 0 Å². The molecule has 7 heteroatoms. The molecule has 2 rings (SSSR count). The van der Waals surface area contributed by atoms with Crippen LogP contribution in [0.4, 0.5) is 10.2 Å². The van der Waals surface area contributed by atoms with E-state index < -0.39 is 11.8 Å². The highest BCUT2D eigenvalue weighted by Crippen LogP contribution is 2.14. The van der Waals surface area contributed by atoms with Crippen LogP contribution in [0.1, 0.15) is 36.0 Å². The third-order valence-electron chi connectivity index (χ3n) is 3.42. The van der Waals surface area contributed by atoms with Crippen molar-refractivity contribution in [2.75, 3.05) is 25.0 Å². The van der Waals surface area contributed by atoms with Gasteiger partial charge in [0.15, 0.2) is 0 Å². The predicted molar refractivity (Wildman–Crippen MR) is 74.7 cm³/mol. The lowest BCUT2D eigenvalue weighted by Crippen LogP contribution is -2.36. The number of halogens is 1. The van der Waals surface area contributed by atoms with Gasteiger partial charge in [-0.3, -0.25) is 4.79 Å². The smallest absolute Gasteiger partial charge is 0.339 e. The van der Waals surface area contributed by atoms with E-state index in [4.69, 9.17) is 5.11 Å². The summed E-state index contributed by atoms with van der Waals surface area (Å²) < 4.78 is 13.0. The minimum Gasteiger partial charge on any atom is -0.478 e. The first kappa shape index (κ1) is 15.2. The Bertz CT molecular complexity index is 530. The largest absolute Gasteiger partial charge is 0.478 e. The summed E-state index contributed by atoms with van der Waals surface area (Å²) >= 11 is 0. The molecule has 0 unspecified atom stereocenters. The second kappa shape index (κ2) is 7.01. The van der Waals surface area contributed by atoms with E-state index in [0.29, 0.717) is 0 Å². The van der Waals surface area contributed by atoms with Crippen LogP contribution in [0.2, 0.25) is 0 Å². The van der Waals surface area contributed by atoms with Crippen molar-refractivity contribution in [2.24, 2.45) is 0 Å². The van der Waals surface area contributed by atoms with Crippen molar-refractivity contribution in [2.45, 2.75) is 25.7 Å². The van der Waals surface area contributed by atoms with Gasteiger partial charge in [-0.15, -0.1) is 0 Å². The Balaban J connectivity index is 1.88. The Morgan fingerprint density at radius 3 is 2.71 bits per heavy atom. The lowest BCUT2D eigenvalue weighted by molar-refractivity contribution is -0.131. The van der Waals surface area contributed by atoms with Crippen LogP contribution in [0, 0.1) is 5.82 Å². The first-order valence-corrected chi connectivity index (χ1v) is 6.98. The number of anilines is 1. The topological polar surface area (TPSA) is 82.5 Å². The summed E-state index contributed by atoms with van der Waals surface area (Å²) in [5, 5.41) is 11.8. The van der Waals surface area contributed by atoms with Gasteiger partial charge in [0.1, 0.15) is 17.2 Å². The van der Waals surface area contributed by atoms with E-state index in [9.17, 15) is 14.0 Å². The molecule has 1 amide bonds. The number of rotatable bonds is 5.